The Bertz CT molecular complexity index is 473. The van der Waals surface area contributed by atoms with E-state index >= 15 is 0 Å². The molecule has 5 heteroatoms. The number of nitrogens with zero attached hydrogens (tertiary/aromatic N) is 1. The average Bonchev–Trinajstić information content (AvgIpc) is 2.85. The second-order valence-electron chi connectivity index (χ2n) is 5.39. The van der Waals surface area contributed by atoms with Crippen LogP contribution in [0.25, 0.3) is 0 Å². The molecule has 19 heavy (non-hydrogen) atoms. The molecule has 1 fully saturated rings. The second-order valence-corrected chi connectivity index (χ2v) is 6.39. The maximum Gasteiger partial charge on any atom is 0.325 e. The summed E-state index contributed by atoms with van der Waals surface area (Å²) in [5.41, 5.74) is 1.00. The van der Waals surface area contributed by atoms with Crippen molar-refractivity contribution in [2.75, 3.05) is 13.2 Å². The van der Waals surface area contributed by atoms with E-state index in [0.29, 0.717) is 6.04 Å². The van der Waals surface area contributed by atoms with E-state index in [1.165, 1.54) is 4.88 Å². The minimum Gasteiger partial charge on any atom is -0.480 e. The smallest absolute Gasteiger partial charge is 0.325 e. The molecule has 1 saturated heterocycles. The number of fused-ring (bicyclic) bond motifs is 1. The van der Waals surface area contributed by atoms with Gasteiger partial charge in [0.05, 0.1) is 6.10 Å². The first-order valence-electron chi connectivity index (χ1n) is 6.83. The monoisotopic (exact) mass is 281 g/mol. The fraction of sp³-hybridized carbons (Fsp3) is 0.643. The molecule has 0 aliphatic carbocycles. The SMILES string of the molecule is CC1CC(N2CCc3sccc3C2C(=O)O)CCO1. The highest BCUT2D eigenvalue weighted by molar-refractivity contribution is 7.10. The minimum atomic E-state index is -0.724. The molecule has 0 radical (unpaired) electrons. The first kappa shape index (κ1) is 13.1. The van der Waals surface area contributed by atoms with E-state index in [4.69, 9.17) is 4.74 Å². The molecule has 3 rings (SSSR count). The quantitative estimate of drug-likeness (QED) is 0.903. The predicted octanol–water partition coefficient (Wildman–Crippen LogP) is 2.30. The highest BCUT2D eigenvalue weighted by Crippen LogP contribution is 2.36. The van der Waals surface area contributed by atoms with Crippen molar-refractivity contribution in [2.24, 2.45) is 0 Å². The van der Waals surface area contributed by atoms with Crippen LogP contribution in [-0.2, 0) is 16.0 Å². The molecule has 2 aliphatic rings. The standard InChI is InChI=1S/C14H19NO3S/c1-9-8-10(3-6-18-9)15-5-2-12-11(4-7-19-12)13(15)14(16)17/h4,7,9-10,13H,2-3,5-6,8H2,1H3,(H,16,17). The molecule has 4 nitrogen and oxygen atoms in total. The summed E-state index contributed by atoms with van der Waals surface area (Å²) in [4.78, 5) is 15.1. The third-order valence-corrected chi connectivity index (χ3v) is 5.16. The van der Waals surface area contributed by atoms with Crippen molar-refractivity contribution in [2.45, 2.75) is 44.4 Å². The molecule has 3 unspecified atom stereocenters. The van der Waals surface area contributed by atoms with Gasteiger partial charge < -0.3 is 9.84 Å². The Morgan fingerprint density at radius 3 is 3.16 bits per heavy atom. The Hall–Kier alpha value is -0.910. The van der Waals surface area contributed by atoms with E-state index < -0.39 is 12.0 Å². The van der Waals surface area contributed by atoms with Crippen molar-refractivity contribution in [1.29, 1.82) is 0 Å². The zero-order valence-electron chi connectivity index (χ0n) is 11.0. The number of carboxylic acid groups (broad SMARTS) is 1. The van der Waals surface area contributed by atoms with Gasteiger partial charge in [0.15, 0.2) is 0 Å². The molecule has 2 aliphatic heterocycles. The zero-order chi connectivity index (χ0) is 13.4. The normalized spacial score (nSPS) is 31.9. The van der Waals surface area contributed by atoms with Crippen LogP contribution in [0.1, 0.15) is 36.2 Å². The van der Waals surface area contributed by atoms with E-state index in [1.54, 1.807) is 11.3 Å². The highest BCUT2D eigenvalue weighted by atomic mass is 32.1. The lowest BCUT2D eigenvalue weighted by Gasteiger charge is -2.42. The van der Waals surface area contributed by atoms with E-state index in [0.717, 1.165) is 38.0 Å². The van der Waals surface area contributed by atoms with E-state index in [2.05, 4.69) is 11.8 Å². The zero-order valence-corrected chi connectivity index (χ0v) is 11.9. The Morgan fingerprint density at radius 1 is 1.58 bits per heavy atom. The van der Waals surface area contributed by atoms with Crippen molar-refractivity contribution < 1.29 is 14.6 Å². The molecule has 1 N–H and O–H groups in total. The van der Waals surface area contributed by atoms with Crippen molar-refractivity contribution in [3.8, 4) is 0 Å². The Balaban J connectivity index is 1.87. The number of hydrogen-bond donors (Lipinski definition) is 1. The average molecular weight is 281 g/mol. The topological polar surface area (TPSA) is 49.8 Å². The molecule has 1 aromatic heterocycles. The molecule has 3 heterocycles. The van der Waals surface area contributed by atoms with Crippen LogP contribution in [0.2, 0.25) is 0 Å². The lowest BCUT2D eigenvalue weighted by Crippen LogP contribution is -2.48. The highest BCUT2D eigenvalue weighted by Gasteiger charge is 2.38. The van der Waals surface area contributed by atoms with Crippen molar-refractivity contribution in [1.82, 2.24) is 4.90 Å². The number of carbonyl (C=O) groups is 1. The van der Waals surface area contributed by atoms with E-state index in [-0.39, 0.29) is 6.10 Å². The number of carboxylic acids is 1. The van der Waals surface area contributed by atoms with Crippen LogP contribution >= 0.6 is 11.3 Å². The lowest BCUT2D eigenvalue weighted by atomic mass is 9.93. The summed E-state index contributed by atoms with van der Waals surface area (Å²) in [6.07, 6.45) is 3.08. The van der Waals surface area contributed by atoms with Crippen molar-refractivity contribution in [3.05, 3.63) is 21.9 Å². The van der Waals surface area contributed by atoms with Gasteiger partial charge in [0.2, 0.25) is 0 Å². The summed E-state index contributed by atoms with van der Waals surface area (Å²) in [5.74, 6) is -0.724. The number of thiophene rings is 1. The van der Waals surface area contributed by atoms with Crippen LogP contribution in [-0.4, -0.2) is 41.3 Å². The van der Waals surface area contributed by atoms with Crippen LogP contribution in [0.4, 0.5) is 0 Å². The summed E-state index contributed by atoms with van der Waals surface area (Å²) in [6.45, 7) is 3.66. The van der Waals surface area contributed by atoms with Crippen LogP contribution in [0.3, 0.4) is 0 Å². The lowest BCUT2D eigenvalue weighted by molar-refractivity contribution is -0.146. The Labute approximate surface area is 117 Å². The van der Waals surface area contributed by atoms with E-state index in [1.807, 2.05) is 11.4 Å². The van der Waals surface area contributed by atoms with E-state index in [9.17, 15) is 9.90 Å². The van der Waals surface area contributed by atoms with Gasteiger partial charge in [-0.25, -0.2) is 0 Å². The third kappa shape index (κ3) is 2.42. The van der Waals surface area contributed by atoms with Gasteiger partial charge in [-0.2, -0.15) is 0 Å². The summed E-state index contributed by atoms with van der Waals surface area (Å²) in [7, 11) is 0. The molecular weight excluding hydrogens is 262 g/mol. The van der Waals surface area contributed by atoms with Gasteiger partial charge in [0, 0.05) is 24.1 Å². The van der Waals surface area contributed by atoms with Gasteiger partial charge in [-0.05, 0) is 43.2 Å². The number of ether oxygens (including phenoxy) is 1. The van der Waals surface area contributed by atoms with Crippen molar-refractivity contribution in [3.63, 3.8) is 0 Å². The Kier molecular flexibility index (Phi) is 3.60. The fourth-order valence-electron chi connectivity index (χ4n) is 3.28. The van der Waals surface area contributed by atoms with Gasteiger partial charge >= 0.3 is 5.97 Å². The largest absolute Gasteiger partial charge is 0.480 e. The van der Waals surface area contributed by atoms with Gasteiger partial charge in [0.25, 0.3) is 0 Å². The molecule has 1 aromatic rings. The maximum atomic E-state index is 11.7. The molecule has 104 valence electrons. The molecule has 0 amide bonds. The first-order chi connectivity index (χ1) is 9.16. The predicted molar refractivity (Wildman–Crippen MR) is 73.5 cm³/mol. The summed E-state index contributed by atoms with van der Waals surface area (Å²) >= 11 is 1.68. The third-order valence-electron chi connectivity index (χ3n) is 4.16. The van der Waals surface area contributed by atoms with Crippen LogP contribution in [0.15, 0.2) is 11.4 Å². The molecule has 0 spiro atoms. The van der Waals surface area contributed by atoms with Gasteiger partial charge in [-0.3, -0.25) is 9.69 Å². The molecular formula is C14H19NO3S. The molecule has 0 aromatic carbocycles. The van der Waals surface area contributed by atoms with Crippen molar-refractivity contribution >= 4 is 17.3 Å². The minimum absolute atomic E-state index is 0.233. The molecule has 0 saturated carbocycles. The molecule has 3 atom stereocenters. The van der Waals surface area contributed by atoms with Crippen LogP contribution in [0.5, 0.6) is 0 Å². The summed E-state index contributed by atoms with van der Waals surface area (Å²) in [5, 5.41) is 11.6. The fourth-order valence-corrected chi connectivity index (χ4v) is 4.18. The molecule has 0 bridgehead atoms. The van der Waals surface area contributed by atoms with Gasteiger partial charge in [-0.1, -0.05) is 0 Å². The van der Waals surface area contributed by atoms with Gasteiger partial charge in [0.1, 0.15) is 6.04 Å². The number of rotatable bonds is 2. The van der Waals surface area contributed by atoms with Crippen LogP contribution < -0.4 is 0 Å². The number of hydrogen-bond acceptors (Lipinski definition) is 4. The number of aliphatic carboxylic acids is 1. The second kappa shape index (κ2) is 5.23. The van der Waals surface area contributed by atoms with Gasteiger partial charge in [-0.15, -0.1) is 11.3 Å². The maximum absolute atomic E-state index is 11.7. The Morgan fingerprint density at radius 2 is 2.42 bits per heavy atom. The summed E-state index contributed by atoms with van der Waals surface area (Å²) < 4.78 is 5.58. The van der Waals surface area contributed by atoms with Crippen LogP contribution in [0, 0.1) is 0 Å². The first-order valence-corrected chi connectivity index (χ1v) is 7.71. The summed E-state index contributed by atoms with van der Waals surface area (Å²) in [6, 6.07) is 1.84.